The maximum Gasteiger partial charge on any atom is 0.310 e. The van der Waals surface area contributed by atoms with E-state index in [0.717, 1.165) is 16.7 Å². The molecule has 2 unspecified atom stereocenters. The first-order valence-electron chi connectivity index (χ1n) is 15.5. The number of halogens is 3. The van der Waals surface area contributed by atoms with Crippen LogP contribution < -0.4 is 19.5 Å². The van der Waals surface area contributed by atoms with E-state index in [2.05, 4.69) is 21.2 Å². The van der Waals surface area contributed by atoms with Gasteiger partial charge < -0.3 is 29.0 Å². The predicted molar refractivity (Wildman–Crippen MR) is 178 cm³/mol. The molecule has 1 saturated heterocycles. The molecule has 4 aromatic carbocycles. The normalized spacial score (nSPS) is 23.2. The number of nitrogens with one attached hydrogen (secondary N) is 1. The summed E-state index contributed by atoms with van der Waals surface area (Å²) in [7, 11) is 3.22. The van der Waals surface area contributed by atoms with Gasteiger partial charge in [0, 0.05) is 23.1 Å². The maximum absolute atomic E-state index is 16.6. The highest BCUT2D eigenvalue weighted by atomic mass is 79.9. The van der Waals surface area contributed by atoms with Crippen LogP contribution in [0.2, 0.25) is 0 Å². The fourth-order valence-electron chi connectivity index (χ4n) is 7.09. The van der Waals surface area contributed by atoms with E-state index in [1.54, 1.807) is 32.4 Å². The number of rotatable bonds is 6. The summed E-state index contributed by atoms with van der Waals surface area (Å²) in [6.07, 6.45) is 1.20. The third kappa shape index (κ3) is 5.41. The van der Waals surface area contributed by atoms with Crippen molar-refractivity contribution < 1.29 is 32.5 Å². The molecule has 1 N–H and O–H groups in total. The van der Waals surface area contributed by atoms with E-state index in [4.69, 9.17) is 28.7 Å². The molecule has 47 heavy (non-hydrogen) atoms. The average Bonchev–Trinajstić information content (AvgIpc) is 3.10. The zero-order chi connectivity index (χ0) is 32.7. The molecule has 7 rings (SSSR count). The standard InChI is InChI=1S/C37H35BrF2N2O5/c1-43-29-14-9-26(10-15-29)37(25-7-4-3-5-8-25,27-11-16-30(44-2)17-12-27)42-33-41-35(36(39,40)24-46-33)22-34(19-6-20-45-23-34)47-32-18-13-28(38)21-31(32)35/h3-5,7-18,21H,6,19-20,22-24H2,1-2H3,(H,41,42). The largest absolute Gasteiger partial charge is 0.497 e. The minimum atomic E-state index is -3.36. The van der Waals surface area contributed by atoms with Crippen LogP contribution in [0, 0.1) is 0 Å². The highest BCUT2D eigenvalue weighted by Gasteiger charge is 2.65. The van der Waals surface area contributed by atoms with Crippen LogP contribution in [0.25, 0.3) is 0 Å². The number of hydrogen-bond donors (Lipinski definition) is 1. The number of aliphatic imine (C=N–C) groups is 1. The Morgan fingerprint density at radius 1 is 0.830 bits per heavy atom. The lowest BCUT2D eigenvalue weighted by Crippen LogP contribution is -2.62. The topological polar surface area (TPSA) is 70.5 Å². The predicted octanol–water partition coefficient (Wildman–Crippen LogP) is 7.60. The SMILES string of the molecule is COc1ccc(C(NC2=NC3(CC4(CCCOC4)Oc4ccc(Br)cc43)C(F)(F)CO2)(c2ccccc2)c2ccc(OC)cc2)cc1. The zero-order valence-electron chi connectivity index (χ0n) is 26.1. The number of fused-ring (bicyclic) bond motifs is 2. The van der Waals surface area contributed by atoms with Crippen molar-refractivity contribution in [2.45, 2.75) is 41.9 Å². The molecule has 3 heterocycles. The molecule has 0 amide bonds. The van der Waals surface area contributed by atoms with Gasteiger partial charge in [-0.1, -0.05) is 70.5 Å². The summed E-state index contributed by atoms with van der Waals surface area (Å²) >= 11 is 3.50. The van der Waals surface area contributed by atoms with Crippen LogP contribution in [0.15, 0.2) is 107 Å². The first-order chi connectivity index (χ1) is 22.7. The Kier molecular flexibility index (Phi) is 8.12. The summed E-state index contributed by atoms with van der Waals surface area (Å²) in [5, 5.41) is 3.57. The number of alkyl halides is 2. The van der Waals surface area contributed by atoms with Crippen LogP contribution >= 0.6 is 15.9 Å². The summed E-state index contributed by atoms with van der Waals surface area (Å²) in [4.78, 5) is 4.91. The van der Waals surface area contributed by atoms with Gasteiger partial charge in [-0.2, -0.15) is 8.78 Å². The molecule has 3 aliphatic rings. The molecule has 4 aromatic rings. The van der Waals surface area contributed by atoms with Crippen molar-refractivity contribution in [1.29, 1.82) is 0 Å². The highest BCUT2D eigenvalue weighted by molar-refractivity contribution is 9.10. The number of benzene rings is 4. The molecule has 3 aliphatic heterocycles. The number of amidine groups is 1. The van der Waals surface area contributed by atoms with Crippen LogP contribution in [-0.2, 0) is 20.6 Å². The smallest absolute Gasteiger partial charge is 0.310 e. The maximum atomic E-state index is 16.6. The molecule has 7 nitrogen and oxygen atoms in total. The minimum absolute atomic E-state index is 0.00822. The van der Waals surface area contributed by atoms with E-state index < -0.39 is 29.2 Å². The zero-order valence-corrected chi connectivity index (χ0v) is 27.7. The third-order valence-electron chi connectivity index (χ3n) is 9.41. The fourth-order valence-corrected chi connectivity index (χ4v) is 7.46. The molecular formula is C37H35BrF2N2O5. The number of nitrogens with zero attached hydrogens (tertiary/aromatic N) is 1. The third-order valence-corrected chi connectivity index (χ3v) is 9.91. The molecule has 0 bridgehead atoms. The average molecular weight is 706 g/mol. The van der Waals surface area contributed by atoms with E-state index in [1.165, 1.54) is 0 Å². The lowest BCUT2D eigenvalue weighted by molar-refractivity contribution is -0.171. The Labute approximate surface area is 281 Å². The summed E-state index contributed by atoms with van der Waals surface area (Å²) in [6, 6.07) is 30.3. The van der Waals surface area contributed by atoms with Crippen molar-refractivity contribution in [2.24, 2.45) is 4.99 Å². The van der Waals surface area contributed by atoms with E-state index in [0.29, 0.717) is 46.7 Å². The monoisotopic (exact) mass is 704 g/mol. The molecule has 244 valence electrons. The molecule has 10 heteroatoms. The van der Waals surface area contributed by atoms with Gasteiger partial charge in [-0.05, 0) is 72.0 Å². The number of ether oxygens (including phenoxy) is 5. The first-order valence-corrected chi connectivity index (χ1v) is 16.3. The Balaban J connectivity index is 1.45. The van der Waals surface area contributed by atoms with Crippen molar-refractivity contribution >= 4 is 22.0 Å². The summed E-state index contributed by atoms with van der Waals surface area (Å²) in [5.41, 5.74) is -1.29. The van der Waals surface area contributed by atoms with Gasteiger partial charge in [0.1, 0.15) is 28.4 Å². The molecule has 2 spiro atoms. The van der Waals surface area contributed by atoms with Crippen LogP contribution in [0.1, 0.15) is 41.5 Å². The van der Waals surface area contributed by atoms with Gasteiger partial charge >= 0.3 is 5.92 Å². The second-order valence-electron chi connectivity index (χ2n) is 12.2. The number of methoxy groups -OCH3 is 2. The van der Waals surface area contributed by atoms with Crippen LogP contribution in [0.3, 0.4) is 0 Å². The quantitative estimate of drug-likeness (QED) is 0.209. The van der Waals surface area contributed by atoms with Crippen LogP contribution in [0.4, 0.5) is 8.78 Å². The van der Waals surface area contributed by atoms with Crippen molar-refractivity contribution in [3.05, 3.63) is 124 Å². The lowest BCUT2D eigenvalue weighted by Gasteiger charge is -2.52. The molecule has 1 fully saturated rings. The van der Waals surface area contributed by atoms with E-state index in [9.17, 15) is 0 Å². The second kappa shape index (κ2) is 12.1. The van der Waals surface area contributed by atoms with Gasteiger partial charge in [0.05, 0.1) is 20.8 Å². The van der Waals surface area contributed by atoms with Gasteiger partial charge in [0.2, 0.25) is 0 Å². The summed E-state index contributed by atoms with van der Waals surface area (Å²) in [6.45, 7) is -0.118. The minimum Gasteiger partial charge on any atom is -0.497 e. The highest BCUT2D eigenvalue weighted by Crippen LogP contribution is 2.57. The van der Waals surface area contributed by atoms with Gasteiger partial charge in [-0.25, -0.2) is 4.99 Å². The van der Waals surface area contributed by atoms with Gasteiger partial charge in [-0.3, -0.25) is 0 Å². The Hall–Kier alpha value is -4.15. The van der Waals surface area contributed by atoms with Gasteiger partial charge in [-0.15, -0.1) is 0 Å². The Bertz CT molecular complexity index is 1710. The Morgan fingerprint density at radius 2 is 1.47 bits per heavy atom. The van der Waals surface area contributed by atoms with Crippen molar-refractivity contribution in [1.82, 2.24) is 5.32 Å². The Morgan fingerprint density at radius 3 is 2.06 bits per heavy atom. The van der Waals surface area contributed by atoms with Crippen LogP contribution in [0.5, 0.6) is 17.2 Å². The molecule has 0 aliphatic carbocycles. The lowest BCUT2D eigenvalue weighted by atomic mass is 9.71. The van der Waals surface area contributed by atoms with Crippen LogP contribution in [-0.4, -0.2) is 51.6 Å². The molecule has 2 atom stereocenters. The molecule has 0 radical (unpaired) electrons. The van der Waals surface area contributed by atoms with Crippen molar-refractivity contribution in [3.8, 4) is 17.2 Å². The first kappa shape index (κ1) is 31.4. The van der Waals surface area contributed by atoms with Gasteiger partial charge in [0.25, 0.3) is 6.02 Å². The fraction of sp³-hybridized carbons (Fsp3) is 0.324. The van der Waals surface area contributed by atoms with E-state index in [-0.39, 0.29) is 19.0 Å². The summed E-state index contributed by atoms with van der Waals surface area (Å²) in [5.74, 6) is -1.63. The molecular weight excluding hydrogens is 670 g/mol. The molecule has 0 aromatic heterocycles. The molecule has 0 saturated carbocycles. The summed E-state index contributed by atoms with van der Waals surface area (Å²) < 4.78 is 63.1. The van der Waals surface area contributed by atoms with Crippen molar-refractivity contribution in [3.63, 3.8) is 0 Å². The van der Waals surface area contributed by atoms with E-state index in [1.807, 2.05) is 78.9 Å². The second-order valence-corrected chi connectivity index (χ2v) is 13.1. The van der Waals surface area contributed by atoms with Crippen molar-refractivity contribution in [2.75, 3.05) is 34.0 Å². The number of hydrogen-bond acceptors (Lipinski definition) is 7. The van der Waals surface area contributed by atoms with E-state index >= 15 is 8.78 Å². The van der Waals surface area contributed by atoms with Gasteiger partial charge in [0.15, 0.2) is 12.1 Å².